The lowest BCUT2D eigenvalue weighted by atomic mass is 10.1. The van der Waals surface area contributed by atoms with Crippen LogP contribution in [0.3, 0.4) is 0 Å². The molecule has 0 saturated carbocycles. The fourth-order valence-corrected chi connectivity index (χ4v) is 3.99. The van der Waals surface area contributed by atoms with Crippen molar-refractivity contribution < 1.29 is 43.9 Å². The molecule has 0 bridgehead atoms. The van der Waals surface area contributed by atoms with Gasteiger partial charge >= 0.3 is 11.9 Å². The first-order valence-corrected chi connectivity index (χ1v) is 12.7. The number of phenols is 4. The Kier molecular flexibility index (Phi) is 7.93. The maximum absolute atomic E-state index is 12.8. The summed E-state index contributed by atoms with van der Waals surface area (Å²) in [7, 11) is 0. The molecule has 0 amide bonds. The molecule has 0 fully saturated rings. The number of aromatic hydroxyl groups is 4. The van der Waals surface area contributed by atoms with Crippen LogP contribution in [0.2, 0.25) is 0 Å². The Morgan fingerprint density at radius 3 is 1.93 bits per heavy atom. The zero-order valence-corrected chi connectivity index (χ0v) is 22.1. The summed E-state index contributed by atoms with van der Waals surface area (Å²) in [6.07, 6.45) is 5.22. The Hall–Kier alpha value is -6.29. The SMILES string of the molecule is O=C(/C=C/c1ccc(O)cc1)Oc1ccc(-c2cc(=O)c3c(O)cc(OC(=O)/C=C/c4ccc(O)c(O)c4)cc3o2)cc1. The molecule has 0 atom stereocenters. The van der Waals surface area contributed by atoms with Gasteiger partial charge in [-0.2, -0.15) is 0 Å². The number of hydrogen-bond acceptors (Lipinski definition) is 10. The number of carbonyl (C=O) groups excluding carboxylic acids is 2. The normalized spacial score (nSPS) is 11.3. The van der Waals surface area contributed by atoms with Gasteiger partial charge in [0.25, 0.3) is 0 Å². The first-order valence-electron chi connectivity index (χ1n) is 12.7. The smallest absolute Gasteiger partial charge is 0.336 e. The van der Waals surface area contributed by atoms with Crippen LogP contribution in [0.4, 0.5) is 0 Å². The third kappa shape index (κ3) is 6.90. The molecule has 0 aliphatic heterocycles. The van der Waals surface area contributed by atoms with E-state index in [1.54, 1.807) is 30.3 Å². The van der Waals surface area contributed by atoms with Crippen LogP contribution in [0.15, 0.2) is 106 Å². The molecule has 4 aromatic carbocycles. The van der Waals surface area contributed by atoms with Crippen LogP contribution in [-0.2, 0) is 9.59 Å². The first-order chi connectivity index (χ1) is 20.6. The number of carbonyl (C=O) groups is 2. The van der Waals surface area contributed by atoms with Crippen molar-refractivity contribution in [3.63, 3.8) is 0 Å². The zero-order valence-electron chi connectivity index (χ0n) is 22.1. The number of ether oxygens (including phenoxy) is 2. The van der Waals surface area contributed by atoms with E-state index in [1.807, 2.05) is 0 Å². The van der Waals surface area contributed by atoms with Crippen molar-refractivity contribution in [1.29, 1.82) is 0 Å². The second-order valence-electron chi connectivity index (χ2n) is 9.16. The standard InChI is InChI=1S/C33H22O10/c34-22-8-1-19(2-9-22)4-13-31(39)41-23-10-6-21(7-11-23)29-18-28(38)33-27(37)16-24(17-30(33)43-29)42-32(40)14-5-20-3-12-25(35)26(36)15-20/h1-18,34-37H/b13-4+,14-5+. The summed E-state index contributed by atoms with van der Waals surface area (Å²) in [6.45, 7) is 0. The molecule has 0 unspecified atom stereocenters. The van der Waals surface area contributed by atoms with E-state index in [0.29, 0.717) is 16.7 Å². The Bertz CT molecular complexity index is 1950. The first kappa shape index (κ1) is 28.2. The van der Waals surface area contributed by atoms with Crippen LogP contribution in [0, 0.1) is 0 Å². The molecule has 0 aliphatic carbocycles. The number of phenolic OH excluding ortho intramolecular Hbond substituents is 4. The van der Waals surface area contributed by atoms with Crippen molar-refractivity contribution in [3.8, 4) is 45.8 Å². The Labute approximate surface area is 243 Å². The predicted octanol–water partition coefficient (Wildman–Crippen LogP) is 5.52. The average Bonchev–Trinajstić information content (AvgIpc) is 2.97. The van der Waals surface area contributed by atoms with Gasteiger partial charge in [-0.25, -0.2) is 9.59 Å². The van der Waals surface area contributed by atoms with Crippen LogP contribution < -0.4 is 14.9 Å². The van der Waals surface area contributed by atoms with Crippen LogP contribution in [0.1, 0.15) is 11.1 Å². The second kappa shape index (κ2) is 12.1. The molecule has 5 aromatic rings. The van der Waals surface area contributed by atoms with E-state index in [-0.39, 0.29) is 45.5 Å². The van der Waals surface area contributed by atoms with Gasteiger partial charge in [-0.1, -0.05) is 18.2 Å². The Morgan fingerprint density at radius 2 is 1.26 bits per heavy atom. The van der Waals surface area contributed by atoms with Crippen LogP contribution in [0.25, 0.3) is 34.4 Å². The van der Waals surface area contributed by atoms with Crippen molar-refractivity contribution in [1.82, 2.24) is 0 Å². The minimum atomic E-state index is -0.812. The highest BCUT2D eigenvalue weighted by Crippen LogP contribution is 2.32. The molecule has 0 saturated heterocycles. The fourth-order valence-electron chi connectivity index (χ4n) is 3.99. The Balaban J connectivity index is 1.31. The van der Waals surface area contributed by atoms with Gasteiger partial charge in [0.1, 0.15) is 39.7 Å². The quantitative estimate of drug-likeness (QED) is 0.0837. The highest BCUT2D eigenvalue weighted by molar-refractivity contribution is 5.91. The molecule has 1 heterocycles. The average molecular weight is 579 g/mol. The molecular weight excluding hydrogens is 556 g/mol. The summed E-state index contributed by atoms with van der Waals surface area (Å²) in [6, 6.07) is 20.0. The largest absolute Gasteiger partial charge is 0.508 e. The topological polar surface area (TPSA) is 164 Å². The molecule has 1 aromatic heterocycles. The molecule has 5 rings (SSSR count). The lowest BCUT2D eigenvalue weighted by molar-refractivity contribution is -0.129. The molecule has 4 N–H and O–H groups in total. The number of rotatable bonds is 7. The third-order valence-electron chi connectivity index (χ3n) is 6.08. The summed E-state index contributed by atoms with van der Waals surface area (Å²) in [5.41, 5.74) is 1.03. The lowest BCUT2D eigenvalue weighted by Gasteiger charge is -2.08. The predicted molar refractivity (Wildman–Crippen MR) is 157 cm³/mol. The minimum Gasteiger partial charge on any atom is -0.508 e. The van der Waals surface area contributed by atoms with Gasteiger partial charge < -0.3 is 34.3 Å². The second-order valence-corrected chi connectivity index (χ2v) is 9.16. The van der Waals surface area contributed by atoms with Gasteiger partial charge in [-0.15, -0.1) is 0 Å². The number of esters is 2. The number of hydrogen-bond donors (Lipinski definition) is 4. The molecule has 10 nitrogen and oxygen atoms in total. The molecule has 0 aliphatic rings. The maximum atomic E-state index is 12.8. The maximum Gasteiger partial charge on any atom is 0.336 e. The molecular formula is C33H22O10. The van der Waals surface area contributed by atoms with Crippen molar-refractivity contribution in [2.45, 2.75) is 0 Å². The highest BCUT2D eigenvalue weighted by atomic mass is 16.5. The van der Waals surface area contributed by atoms with E-state index in [0.717, 1.165) is 12.1 Å². The third-order valence-corrected chi connectivity index (χ3v) is 6.08. The fraction of sp³-hybridized carbons (Fsp3) is 0. The molecule has 214 valence electrons. The molecule has 43 heavy (non-hydrogen) atoms. The van der Waals surface area contributed by atoms with Crippen molar-refractivity contribution in [2.75, 3.05) is 0 Å². The summed E-state index contributed by atoms with van der Waals surface area (Å²) in [4.78, 5) is 37.3. The Morgan fingerprint density at radius 1 is 0.628 bits per heavy atom. The number of fused-ring (bicyclic) bond motifs is 1. The lowest BCUT2D eigenvalue weighted by Crippen LogP contribution is -2.05. The summed E-state index contributed by atoms with van der Waals surface area (Å²) in [5.74, 6) is -2.11. The van der Waals surface area contributed by atoms with Crippen LogP contribution in [0.5, 0.6) is 34.5 Å². The van der Waals surface area contributed by atoms with Gasteiger partial charge in [0.05, 0.1) is 0 Å². The van der Waals surface area contributed by atoms with E-state index >= 15 is 0 Å². The van der Waals surface area contributed by atoms with E-state index < -0.39 is 23.1 Å². The van der Waals surface area contributed by atoms with Crippen molar-refractivity contribution in [3.05, 3.63) is 118 Å². The minimum absolute atomic E-state index is 0.0346. The van der Waals surface area contributed by atoms with E-state index in [9.17, 15) is 34.8 Å². The van der Waals surface area contributed by atoms with Gasteiger partial charge in [-0.3, -0.25) is 4.79 Å². The molecule has 0 radical (unpaired) electrons. The summed E-state index contributed by atoms with van der Waals surface area (Å²) >= 11 is 0. The van der Waals surface area contributed by atoms with Crippen LogP contribution in [-0.4, -0.2) is 32.4 Å². The van der Waals surface area contributed by atoms with Crippen molar-refractivity contribution >= 4 is 35.1 Å². The number of benzene rings is 4. The van der Waals surface area contributed by atoms with Crippen molar-refractivity contribution in [2.24, 2.45) is 0 Å². The van der Waals surface area contributed by atoms with Gasteiger partial charge in [-0.05, 0) is 71.8 Å². The van der Waals surface area contributed by atoms with Gasteiger partial charge in [0, 0.05) is 35.9 Å². The van der Waals surface area contributed by atoms with E-state index in [4.69, 9.17) is 13.9 Å². The zero-order chi connectivity index (χ0) is 30.5. The van der Waals surface area contributed by atoms with Gasteiger partial charge in [0.15, 0.2) is 16.9 Å². The summed E-state index contributed by atoms with van der Waals surface area (Å²) < 4.78 is 16.4. The molecule has 10 heteroatoms. The van der Waals surface area contributed by atoms with E-state index in [1.165, 1.54) is 66.7 Å². The summed E-state index contributed by atoms with van der Waals surface area (Å²) in [5, 5.41) is 38.6. The van der Waals surface area contributed by atoms with Crippen LogP contribution >= 0.6 is 0 Å². The highest BCUT2D eigenvalue weighted by Gasteiger charge is 2.14. The van der Waals surface area contributed by atoms with E-state index in [2.05, 4.69) is 0 Å². The monoisotopic (exact) mass is 578 g/mol. The van der Waals surface area contributed by atoms with Gasteiger partial charge in [0.2, 0.25) is 0 Å². The molecule has 0 spiro atoms.